The smallest absolute Gasteiger partial charge is 0.416 e. The Morgan fingerprint density at radius 2 is 1.54 bits per heavy atom. The summed E-state index contributed by atoms with van der Waals surface area (Å²) in [7, 11) is 1.52. The Hall–Kier alpha value is -3.83. The fraction of sp³-hybridized carbons (Fsp3) is 0.261. The first-order valence-electron chi connectivity index (χ1n) is 10.2. The number of ether oxygens (including phenoxy) is 1. The molecule has 6 nitrogen and oxygen atoms in total. The number of anilines is 1. The Balaban J connectivity index is 1.67. The molecule has 1 N–H and O–H groups in total. The van der Waals surface area contributed by atoms with Crippen LogP contribution in [0.2, 0.25) is 0 Å². The molecule has 186 valence electrons. The second-order valence-electron chi connectivity index (χ2n) is 7.45. The highest BCUT2D eigenvalue weighted by Gasteiger charge is 2.37. The molecule has 0 atom stereocenters. The van der Waals surface area contributed by atoms with Crippen LogP contribution < -0.4 is 15.6 Å². The lowest BCUT2D eigenvalue weighted by atomic mass is 10.1. The van der Waals surface area contributed by atoms with Crippen molar-refractivity contribution in [2.75, 3.05) is 12.4 Å². The molecule has 0 spiro atoms. The van der Waals surface area contributed by atoms with E-state index < -0.39 is 40.6 Å². The third kappa shape index (κ3) is 6.84. The molecule has 0 aliphatic carbocycles. The van der Waals surface area contributed by atoms with Crippen molar-refractivity contribution in [2.24, 2.45) is 0 Å². The maximum atomic E-state index is 13.0. The zero-order valence-electron chi connectivity index (χ0n) is 18.2. The maximum Gasteiger partial charge on any atom is 0.416 e. The molecule has 0 radical (unpaired) electrons. The highest BCUT2D eigenvalue weighted by Crippen LogP contribution is 2.37. The van der Waals surface area contributed by atoms with E-state index in [1.807, 2.05) is 0 Å². The minimum atomic E-state index is -5.03. The van der Waals surface area contributed by atoms with Gasteiger partial charge in [-0.05, 0) is 55.0 Å². The Kier molecular flexibility index (Phi) is 7.51. The molecule has 1 heterocycles. The van der Waals surface area contributed by atoms with Gasteiger partial charge in [0.25, 0.3) is 5.56 Å². The highest BCUT2D eigenvalue weighted by molar-refractivity contribution is 5.90. The van der Waals surface area contributed by atoms with Crippen LogP contribution in [0.15, 0.2) is 59.4 Å². The molecule has 3 aromatic rings. The minimum absolute atomic E-state index is 0.00659. The number of nitrogens with one attached hydrogen (secondary N) is 1. The molecule has 0 fully saturated rings. The van der Waals surface area contributed by atoms with Crippen LogP contribution in [0, 0.1) is 0 Å². The molecule has 2 aromatic carbocycles. The van der Waals surface area contributed by atoms with Gasteiger partial charge in [-0.25, -0.2) is 4.68 Å². The van der Waals surface area contributed by atoms with Gasteiger partial charge in [0.05, 0.1) is 23.9 Å². The summed E-state index contributed by atoms with van der Waals surface area (Å²) in [6, 6.07) is 10.6. The lowest BCUT2D eigenvalue weighted by molar-refractivity contribution is -0.143. The van der Waals surface area contributed by atoms with Gasteiger partial charge in [0.15, 0.2) is 0 Å². The number of alkyl halides is 6. The van der Waals surface area contributed by atoms with Gasteiger partial charge in [0.2, 0.25) is 5.91 Å². The van der Waals surface area contributed by atoms with Crippen molar-refractivity contribution in [2.45, 2.75) is 31.7 Å². The number of carbonyl (C=O) groups is 1. The normalized spacial score (nSPS) is 11.9. The molecule has 1 aromatic heterocycles. The summed E-state index contributed by atoms with van der Waals surface area (Å²) in [5.74, 6) is -0.173. The lowest BCUT2D eigenvalue weighted by Gasteiger charge is -2.15. The lowest BCUT2D eigenvalue weighted by Crippen LogP contribution is -2.23. The number of amides is 1. The van der Waals surface area contributed by atoms with E-state index in [-0.39, 0.29) is 25.5 Å². The predicted molar refractivity (Wildman–Crippen MR) is 115 cm³/mol. The highest BCUT2D eigenvalue weighted by atomic mass is 19.4. The summed E-state index contributed by atoms with van der Waals surface area (Å²) in [5, 5.41) is 6.30. The van der Waals surface area contributed by atoms with Gasteiger partial charge in [-0.2, -0.15) is 31.4 Å². The van der Waals surface area contributed by atoms with E-state index in [2.05, 4.69) is 10.4 Å². The third-order valence-electron chi connectivity index (χ3n) is 4.90. The summed E-state index contributed by atoms with van der Waals surface area (Å²) in [4.78, 5) is 24.3. The van der Waals surface area contributed by atoms with E-state index >= 15 is 0 Å². The van der Waals surface area contributed by atoms with Gasteiger partial charge in [0, 0.05) is 30.3 Å². The molecular formula is C23H19F6N3O3. The summed E-state index contributed by atoms with van der Waals surface area (Å²) in [6.07, 6.45) is -10.3. The van der Waals surface area contributed by atoms with Crippen LogP contribution in [0.1, 0.15) is 24.0 Å². The van der Waals surface area contributed by atoms with Crippen LogP contribution >= 0.6 is 0 Å². The van der Waals surface area contributed by atoms with Crippen LogP contribution in [-0.4, -0.2) is 22.8 Å². The van der Waals surface area contributed by atoms with E-state index in [0.717, 1.165) is 4.68 Å². The van der Waals surface area contributed by atoms with Crippen molar-refractivity contribution < 1.29 is 35.9 Å². The van der Waals surface area contributed by atoms with Crippen molar-refractivity contribution in [3.8, 4) is 17.0 Å². The third-order valence-corrected chi connectivity index (χ3v) is 4.90. The molecule has 0 unspecified atom stereocenters. The number of carbonyl (C=O) groups excluding carboxylic acids is 1. The number of hydrogen-bond donors (Lipinski definition) is 1. The standard InChI is InChI=1S/C23H19F6N3O3/c1-35-18-6-4-14(5-7-18)19-8-9-21(34)32(31-19)10-2-3-20(33)30-17-12-15(22(24,25)26)11-16(13-17)23(27,28)29/h4-9,11-13H,2-3,10H2,1H3,(H,30,33). The summed E-state index contributed by atoms with van der Waals surface area (Å²) in [6.45, 7) is 0.00659. The van der Waals surface area contributed by atoms with Gasteiger partial charge in [0.1, 0.15) is 5.75 Å². The number of hydrogen-bond acceptors (Lipinski definition) is 4. The molecule has 0 saturated carbocycles. The predicted octanol–water partition coefficient (Wildman–Crippen LogP) is 5.38. The fourth-order valence-corrected chi connectivity index (χ4v) is 3.16. The van der Waals surface area contributed by atoms with Gasteiger partial charge < -0.3 is 10.1 Å². The van der Waals surface area contributed by atoms with Crippen LogP contribution in [0.25, 0.3) is 11.3 Å². The average Bonchev–Trinajstić information content (AvgIpc) is 2.79. The zero-order valence-corrected chi connectivity index (χ0v) is 18.2. The molecular weight excluding hydrogens is 480 g/mol. The summed E-state index contributed by atoms with van der Waals surface area (Å²) in [5.41, 5.74) is -2.94. The monoisotopic (exact) mass is 499 g/mol. The van der Waals surface area contributed by atoms with E-state index in [1.54, 1.807) is 24.3 Å². The molecule has 0 aliphatic rings. The maximum absolute atomic E-state index is 13.0. The minimum Gasteiger partial charge on any atom is -0.497 e. The Morgan fingerprint density at radius 1 is 0.943 bits per heavy atom. The SMILES string of the molecule is COc1ccc(-c2ccc(=O)n(CCCC(=O)Nc3cc(C(F)(F)F)cc(C(F)(F)F)c3)n2)cc1. The van der Waals surface area contributed by atoms with Crippen LogP contribution in [0.4, 0.5) is 32.0 Å². The molecule has 0 bridgehead atoms. The largest absolute Gasteiger partial charge is 0.497 e. The number of halogens is 6. The molecule has 0 aliphatic heterocycles. The number of methoxy groups -OCH3 is 1. The average molecular weight is 499 g/mol. The summed E-state index contributed by atoms with van der Waals surface area (Å²) < 4.78 is 84.0. The van der Waals surface area contributed by atoms with Crippen molar-refractivity contribution >= 4 is 11.6 Å². The van der Waals surface area contributed by atoms with Crippen LogP contribution in [0.3, 0.4) is 0 Å². The van der Waals surface area contributed by atoms with Crippen LogP contribution in [0.5, 0.6) is 5.75 Å². The van der Waals surface area contributed by atoms with Gasteiger partial charge in [-0.1, -0.05) is 0 Å². The molecule has 1 amide bonds. The summed E-state index contributed by atoms with van der Waals surface area (Å²) >= 11 is 0. The van der Waals surface area contributed by atoms with E-state index in [1.165, 1.54) is 19.2 Å². The molecule has 0 saturated heterocycles. The topological polar surface area (TPSA) is 73.2 Å². The number of aromatic nitrogens is 2. The zero-order chi connectivity index (χ0) is 25.8. The number of benzene rings is 2. The fourth-order valence-electron chi connectivity index (χ4n) is 3.16. The van der Waals surface area contributed by atoms with Crippen molar-refractivity contribution in [3.63, 3.8) is 0 Å². The number of nitrogens with zero attached hydrogens (tertiary/aromatic N) is 2. The van der Waals surface area contributed by atoms with Gasteiger partial charge in [-0.3, -0.25) is 9.59 Å². The molecule has 3 rings (SSSR count). The first kappa shape index (κ1) is 25.8. The van der Waals surface area contributed by atoms with Crippen LogP contribution in [-0.2, 0) is 23.7 Å². The number of aryl methyl sites for hydroxylation is 1. The number of rotatable bonds is 7. The molecule has 12 heteroatoms. The quantitative estimate of drug-likeness (QED) is 0.444. The second-order valence-corrected chi connectivity index (χ2v) is 7.45. The first-order chi connectivity index (χ1) is 16.4. The second kappa shape index (κ2) is 10.2. The van der Waals surface area contributed by atoms with E-state index in [4.69, 9.17) is 4.74 Å². The first-order valence-corrected chi connectivity index (χ1v) is 10.2. The van der Waals surface area contributed by atoms with Gasteiger partial charge >= 0.3 is 12.4 Å². The van der Waals surface area contributed by atoms with E-state index in [9.17, 15) is 35.9 Å². The Morgan fingerprint density at radius 3 is 2.09 bits per heavy atom. The van der Waals surface area contributed by atoms with E-state index in [0.29, 0.717) is 29.1 Å². The Bertz CT molecular complexity index is 1220. The Labute approximate surface area is 195 Å². The van der Waals surface area contributed by atoms with Crippen molar-refractivity contribution in [1.82, 2.24) is 9.78 Å². The van der Waals surface area contributed by atoms with Crippen molar-refractivity contribution in [3.05, 3.63) is 76.1 Å². The molecule has 35 heavy (non-hydrogen) atoms. The van der Waals surface area contributed by atoms with Gasteiger partial charge in [-0.15, -0.1) is 0 Å². The van der Waals surface area contributed by atoms with Crippen molar-refractivity contribution in [1.29, 1.82) is 0 Å².